The topological polar surface area (TPSA) is 42.0 Å². The number of thiazole rings is 1. The summed E-state index contributed by atoms with van der Waals surface area (Å²) >= 11 is 13.2. The van der Waals surface area contributed by atoms with Gasteiger partial charge in [-0.3, -0.25) is 4.79 Å². The molecule has 1 heterocycles. The Morgan fingerprint density at radius 3 is 2.82 bits per heavy atom. The van der Waals surface area contributed by atoms with Crippen molar-refractivity contribution in [3.8, 4) is 0 Å². The summed E-state index contributed by atoms with van der Waals surface area (Å²) in [5.41, 5.74) is 0.496. The number of carbonyl (C=O) groups excluding carboxylic acids is 1. The second-order valence-electron chi connectivity index (χ2n) is 3.30. The zero-order valence-electron chi connectivity index (χ0n) is 8.83. The van der Waals surface area contributed by atoms with Gasteiger partial charge in [0.15, 0.2) is 0 Å². The van der Waals surface area contributed by atoms with Gasteiger partial charge in [-0.25, -0.2) is 4.98 Å². The van der Waals surface area contributed by atoms with Crippen molar-refractivity contribution in [3.63, 3.8) is 0 Å². The van der Waals surface area contributed by atoms with Crippen LogP contribution in [0, 0.1) is 6.92 Å². The van der Waals surface area contributed by atoms with Gasteiger partial charge in [-0.1, -0.05) is 29.3 Å². The van der Waals surface area contributed by atoms with E-state index in [1.165, 1.54) is 17.5 Å². The van der Waals surface area contributed by atoms with Crippen molar-refractivity contribution in [3.05, 3.63) is 44.3 Å². The molecule has 6 heteroatoms. The van der Waals surface area contributed by atoms with Gasteiger partial charge in [-0.15, -0.1) is 11.3 Å². The number of hydrogen-bond acceptors (Lipinski definition) is 3. The Labute approximate surface area is 112 Å². The minimum Gasteiger partial charge on any atom is -0.320 e. The minimum absolute atomic E-state index is 0.236. The first-order valence-electron chi connectivity index (χ1n) is 4.75. The van der Waals surface area contributed by atoms with Gasteiger partial charge in [0.25, 0.3) is 5.91 Å². The summed E-state index contributed by atoms with van der Waals surface area (Å²) in [5, 5.41) is 4.28. The van der Waals surface area contributed by atoms with E-state index in [0.29, 0.717) is 20.6 Å². The predicted octanol–water partition coefficient (Wildman–Crippen LogP) is 4.01. The molecule has 1 aromatic heterocycles. The molecule has 3 nitrogen and oxygen atoms in total. The summed E-state index contributed by atoms with van der Waals surface area (Å²) in [6.45, 7) is 1.84. The van der Waals surface area contributed by atoms with Crippen molar-refractivity contribution in [2.24, 2.45) is 0 Å². The van der Waals surface area contributed by atoms with Gasteiger partial charge in [0.2, 0.25) is 0 Å². The van der Waals surface area contributed by atoms with Crippen molar-refractivity contribution in [2.45, 2.75) is 6.92 Å². The molecular formula is C11H8Cl2N2OS. The molecule has 1 amide bonds. The van der Waals surface area contributed by atoms with Crippen LogP contribution in [-0.2, 0) is 0 Å². The number of aromatic nitrogens is 1. The summed E-state index contributed by atoms with van der Waals surface area (Å²) in [6.07, 6.45) is 1.54. The van der Waals surface area contributed by atoms with E-state index in [-0.39, 0.29) is 5.91 Å². The number of aryl methyl sites for hydroxylation is 1. The summed E-state index contributed by atoms with van der Waals surface area (Å²) in [6, 6.07) is 5.08. The number of nitrogens with zero attached hydrogens (tertiary/aromatic N) is 1. The van der Waals surface area contributed by atoms with E-state index in [1.807, 2.05) is 6.92 Å². The Balaban J connectivity index is 2.21. The molecule has 0 bridgehead atoms. The highest BCUT2D eigenvalue weighted by atomic mass is 35.5. The number of benzene rings is 1. The number of amides is 1. The van der Waals surface area contributed by atoms with Gasteiger partial charge < -0.3 is 5.32 Å². The van der Waals surface area contributed by atoms with Crippen LogP contribution in [0.4, 0.5) is 5.69 Å². The zero-order valence-corrected chi connectivity index (χ0v) is 11.2. The highest BCUT2D eigenvalue weighted by Gasteiger charge is 2.12. The molecule has 0 atom stereocenters. The smallest absolute Gasteiger partial charge is 0.267 e. The van der Waals surface area contributed by atoms with Crippen LogP contribution >= 0.6 is 34.5 Å². The maximum Gasteiger partial charge on any atom is 0.267 e. The molecule has 1 aromatic carbocycles. The molecule has 0 aliphatic carbocycles. The lowest BCUT2D eigenvalue weighted by molar-refractivity contribution is 0.103. The Morgan fingerprint density at radius 1 is 1.41 bits per heavy atom. The molecular weight excluding hydrogens is 279 g/mol. The second kappa shape index (κ2) is 5.04. The fraction of sp³-hybridized carbons (Fsp3) is 0.0909. The van der Waals surface area contributed by atoms with Gasteiger partial charge >= 0.3 is 0 Å². The zero-order chi connectivity index (χ0) is 12.4. The van der Waals surface area contributed by atoms with E-state index in [9.17, 15) is 4.79 Å². The number of nitrogens with one attached hydrogen (secondary N) is 1. The van der Waals surface area contributed by atoms with Crippen LogP contribution in [0.2, 0.25) is 10.0 Å². The summed E-state index contributed by atoms with van der Waals surface area (Å²) in [4.78, 5) is 16.4. The molecule has 2 aromatic rings. The largest absolute Gasteiger partial charge is 0.320 e. The van der Waals surface area contributed by atoms with Crippen LogP contribution in [0.25, 0.3) is 0 Å². The number of anilines is 1. The number of rotatable bonds is 2. The molecule has 0 spiro atoms. The fourth-order valence-electron chi connectivity index (χ4n) is 1.25. The van der Waals surface area contributed by atoms with Gasteiger partial charge in [-0.05, 0) is 19.1 Å². The average molecular weight is 287 g/mol. The standard InChI is InChI=1S/C11H8Cl2N2OS/c1-6-14-5-9(17-6)11(16)15-8-4-2-3-7(12)10(8)13/h2-5H,1H3,(H,15,16). The Morgan fingerprint density at radius 2 is 2.18 bits per heavy atom. The first-order chi connectivity index (χ1) is 8.08. The van der Waals surface area contributed by atoms with Crippen molar-refractivity contribution >= 4 is 46.1 Å². The molecule has 17 heavy (non-hydrogen) atoms. The summed E-state index contributed by atoms with van der Waals surface area (Å²) in [7, 11) is 0. The molecule has 88 valence electrons. The Hall–Kier alpha value is -1.10. The summed E-state index contributed by atoms with van der Waals surface area (Å²) in [5.74, 6) is -0.236. The quantitative estimate of drug-likeness (QED) is 0.906. The molecule has 0 aliphatic heterocycles. The normalized spacial score (nSPS) is 10.3. The van der Waals surface area contributed by atoms with Gasteiger partial charge in [0.1, 0.15) is 4.88 Å². The van der Waals surface area contributed by atoms with E-state index in [1.54, 1.807) is 18.2 Å². The number of carbonyl (C=O) groups is 1. The lowest BCUT2D eigenvalue weighted by Gasteiger charge is -2.06. The van der Waals surface area contributed by atoms with Gasteiger partial charge in [0.05, 0.1) is 26.9 Å². The third-order valence-corrected chi connectivity index (χ3v) is 3.78. The van der Waals surface area contributed by atoms with Crippen LogP contribution in [0.5, 0.6) is 0 Å². The molecule has 1 N–H and O–H groups in total. The first-order valence-corrected chi connectivity index (χ1v) is 6.33. The SMILES string of the molecule is Cc1ncc(C(=O)Nc2cccc(Cl)c2Cl)s1. The van der Waals surface area contributed by atoms with Crippen LogP contribution in [-0.4, -0.2) is 10.9 Å². The highest BCUT2D eigenvalue weighted by molar-refractivity contribution is 7.13. The van der Waals surface area contributed by atoms with E-state index < -0.39 is 0 Å². The molecule has 2 rings (SSSR count). The predicted molar refractivity (Wildman–Crippen MR) is 71.3 cm³/mol. The molecule has 0 saturated carbocycles. The molecule has 0 saturated heterocycles. The van der Waals surface area contributed by atoms with E-state index in [0.717, 1.165) is 5.01 Å². The highest BCUT2D eigenvalue weighted by Crippen LogP contribution is 2.30. The third-order valence-electron chi connectivity index (χ3n) is 2.04. The lowest BCUT2D eigenvalue weighted by Crippen LogP contribution is -2.10. The lowest BCUT2D eigenvalue weighted by atomic mass is 10.3. The molecule has 0 fully saturated rings. The minimum atomic E-state index is -0.236. The molecule has 0 unspecified atom stereocenters. The van der Waals surface area contributed by atoms with E-state index in [4.69, 9.17) is 23.2 Å². The first kappa shape index (κ1) is 12.4. The maximum absolute atomic E-state index is 11.8. The van der Waals surface area contributed by atoms with E-state index in [2.05, 4.69) is 10.3 Å². The Kier molecular flexibility index (Phi) is 3.66. The van der Waals surface area contributed by atoms with Crippen LogP contribution in [0.15, 0.2) is 24.4 Å². The van der Waals surface area contributed by atoms with Crippen molar-refractivity contribution in [1.29, 1.82) is 0 Å². The maximum atomic E-state index is 11.8. The number of hydrogen-bond donors (Lipinski definition) is 1. The van der Waals surface area contributed by atoms with Crippen LogP contribution in [0.1, 0.15) is 14.7 Å². The second-order valence-corrected chi connectivity index (χ2v) is 5.32. The monoisotopic (exact) mass is 286 g/mol. The average Bonchev–Trinajstić information content (AvgIpc) is 2.72. The van der Waals surface area contributed by atoms with Gasteiger partial charge in [-0.2, -0.15) is 0 Å². The van der Waals surface area contributed by atoms with E-state index >= 15 is 0 Å². The van der Waals surface area contributed by atoms with Crippen LogP contribution < -0.4 is 5.32 Å². The van der Waals surface area contributed by atoms with Gasteiger partial charge in [0, 0.05) is 0 Å². The van der Waals surface area contributed by atoms with Crippen molar-refractivity contribution in [1.82, 2.24) is 4.98 Å². The Bertz CT molecular complexity index is 568. The molecule has 0 radical (unpaired) electrons. The third kappa shape index (κ3) is 2.77. The van der Waals surface area contributed by atoms with Crippen molar-refractivity contribution < 1.29 is 4.79 Å². The van der Waals surface area contributed by atoms with Crippen LogP contribution in [0.3, 0.4) is 0 Å². The number of halogens is 2. The molecule has 0 aliphatic rings. The summed E-state index contributed by atoms with van der Waals surface area (Å²) < 4.78 is 0. The van der Waals surface area contributed by atoms with Crippen molar-refractivity contribution in [2.75, 3.05) is 5.32 Å². The fourth-order valence-corrected chi connectivity index (χ4v) is 2.27.